The van der Waals surface area contributed by atoms with Gasteiger partial charge in [-0.05, 0) is 37.3 Å². The van der Waals surface area contributed by atoms with E-state index in [0.717, 1.165) is 36.8 Å². The molecule has 0 bridgehead atoms. The number of nitrogens with one attached hydrogen (secondary N) is 1. The number of rotatable bonds is 5. The second-order valence-corrected chi connectivity index (χ2v) is 6.65. The smallest absolute Gasteiger partial charge is 0.257 e. The maximum Gasteiger partial charge on any atom is 0.257 e. The molecule has 22 heavy (non-hydrogen) atoms. The standard InChI is InChI=1S/C16H20N2O3S/c19-12-5-3-4-11(8-12)9-17-15(20)10-22-16-18-13-6-1-2-7-14(13)21-16/h1-2,6-7,11-12,19H,3-5,8-10H2,(H,17,20). The normalized spacial score (nSPS) is 21.9. The lowest BCUT2D eigenvalue weighted by Crippen LogP contribution is -2.33. The second kappa shape index (κ2) is 7.15. The molecular weight excluding hydrogens is 300 g/mol. The molecule has 1 heterocycles. The number of aromatic nitrogens is 1. The highest BCUT2D eigenvalue weighted by molar-refractivity contribution is 7.99. The predicted octanol–water partition coefficient (Wildman–Crippen LogP) is 2.59. The van der Waals surface area contributed by atoms with E-state index in [1.165, 1.54) is 11.8 Å². The molecule has 0 saturated heterocycles. The molecule has 6 heteroatoms. The number of benzene rings is 1. The van der Waals surface area contributed by atoms with Crippen LogP contribution < -0.4 is 5.32 Å². The predicted molar refractivity (Wildman–Crippen MR) is 85.7 cm³/mol. The molecule has 2 aromatic rings. The summed E-state index contributed by atoms with van der Waals surface area (Å²) in [6.45, 7) is 0.643. The Labute approximate surface area is 133 Å². The molecule has 2 unspecified atom stereocenters. The quantitative estimate of drug-likeness (QED) is 0.828. The summed E-state index contributed by atoms with van der Waals surface area (Å²) in [6.07, 6.45) is 3.59. The minimum Gasteiger partial charge on any atom is -0.431 e. The van der Waals surface area contributed by atoms with Gasteiger partial charge in [0.15, 0.2) is 5.58 Å². The molecule has 1 aliphatic rings. The third kappa shape index (κ3) is 4.01. The van der Waals surface area contributed by atoms with Crippen LogP contribution in [0, 0.1) is 5.92 Å². The van der Waals surface area contributed by atoms with Crippen molar-refractivity contribution in [3.63, 3.8) is 0 Å². The summed E-state index contributed by atoms with van der Waals surface area (Å²) < 4.78 is 5.57. The molecule has 1 aliphatic carbocycles. The average molecular weight is 320 g/mol. The number of fused-ring (bicyclic) bond motifs is 1. The van der Waals surface area contributed by atoms with E-state index in [1.807, 2.05) is 24.3 Å². The molecule has 2 atom stereocenters. The van der Waals surface area contributed by atoms with Gasteiger partial charge >= 0.3 is 0 Å². The first-order chi connectivity index (χ1) is 10.7. The van der Waals surface area contributed by atoms with E-state index in [9.17, 15) is 9.90 Å². The number of carbonyl (C=O) groups excluding carboxylic acids is 1. The van der Waals surface area contributed by atoms with E-state index >= 15 is 0 Å². The first-order valence-electron chi connectivity index (χ1n) is 7.64. The first kappa shape index (κ1) is 15.4. The number of hydrogen-bond acceptors (Lipinski definition) is 5. The van der Waals surface area contributed by atoms with Gasteiger partial charge in [0, 0.05) is 6.54 Å². The Morgan fingerprint density at radius 2 is 2.27 bits per heavy atom. The van der Waals surface area contributed by atoms with Crippen molar-refractivity contribution in [2.75, 3.05) is 12.3 Å². The van der Waals surface area contributed by atoms with Crippen molar-refractivity contribution in [3.8, 4) is 0 Å². The number of carbonyl (C=O) groups is 1. The Balaban J connectivity index is 1.44. The number of thioether (sulfide) groups is 1. The summed E-state index contributed by atoms with van der Waals surface area (Å²) in [7, 11) is 0. The van der Waals surface area contributed by atoms with Gasteiger partial charge < -0.3 is 14.8 Å². The van der Waals surface area contributed by atoms with Crippen LogP contribution in [-0.4, -0.2) is 34.4 Å². The second-order valence-electron chi connectivity index (χ2n) is 5.73. The average Bonchev–Trinajstić information content (AvgIpc) is 2.94. The largest absolute Gasteiger partial charge is 0.431 e. The van der Waals surface area contributed by atoms with Gasteiger partial charge in [0.2, 0.25) is 5.91 Å². The van der Waals surface area contributed by atoms with Gasteiger partial charge in [0.1, 0.15) is 5.52 Å². The van der Waals surface area contributed by atoms with Gasteiger partial charge in [-0.25, -0.2) is 4.98 Å². The Hall–Kier alpha value is -1.53. The fourth-order valence-electron chi connectivity index (χ4n) is 2.80. The van der Waals surface area contributed by atoms with E-state index in [-0.39, 0.29) is 12.0 Å². The minimum absolute atomic E-state index is 0.0210. The highest BCUT2D eigenvalue weighted by atomic mass is 32.2. The first-order valence-corrected chi connectivity index (χ1v) is 8.62. The van der Waals surface area contributed by atoms with Crippen molar-refractivity contribution in [2.24, 2.45) is 5.92 Å². The van der Waals surface area contributed by atoms with Crippen LogP contribution in [0.2, 0.25) is 0 Å². The molecule has 1 aromatic heterocycles. The summed E-state index contributed by atoms with van der Waals surface area (Å²) in [4.78, 5) is 16.2. The van der Waals surface area contributed by atoms with Gasteiger partial charge in [-0.3, -0.25) is 4.79 Å². The molecule has 118 valence electrons. The van der Waals surface area contributed by atoms with Crippen LogP contribution in [0.25, 0.3) is 11.1 Å². The zero-order valence-electron chi connectivity index (χ0n) is 12.3. The lowest BCUT2D eigenvalue weighted by molar-refractivity contribution is -0.118. The monoisotopic (exact) mass is 320 g/mol. The van der Waals surface area contributed by atoms with Crippen molar-refractivity contribution < 1.29 is 14.3 Å². The summed E-state index contributed by atoms with van der Waals surface area (Å²) in [5.41, 5.74) is 1.54. The maximum atomic E-state index is 11.9. The molecular formula is C16H20N2O3S. The fourth-order valence-corrected chi connectivity index (χ4v) is 3.47. The fraction of sp³-hybridized carbons (Fsp3) is 0.500. The van der Waals surface area contributed by atoms with Crippen molar-refractivity contribution in [1.82, 2.24) is 10.3 Å². The number of hydrogen-bond donors (Lipinski definition) is 2. The molecule has 0 spiro atoms. The Bertz CT molecular complexity index is 610. The number of amides is 1. The van der Waals surface area contributed by atoms with Gasteiger partial charge in [-0.15, -0.1) is 0 Å². The molecule has 1 fully saturated rings. The topological polar surface area (TPSA) is 75.4 Å². The number of para-hydroxylation sites is 2. The van der Waals surface area contributed by atoms with E-state index in [4.69, 9.17) is 4.42 Å². The SMILES string of the molecule is O=C(CSc1nc2ccccc2o1)NCC1CCCC(O)C1. The molecule has 3 rings (SSSR count). The third-order valence-electron chi connectivity index (χ3n) is 3.94. The Kier molecular flexibility index (Phi) is 5.00. The van der Waals surface area contributed by atoms with E-state index in [0.29, 0.717) is 23.4 Å². The number of aliphatic hydroxyl groups is 1. The molecule has 0 radical (unpaired) electrons. The Morgan fingerprint density at radius 3 is 3.09 bits per heavy atom. The summed E-state index contributed by atoms with van der Waals surface area (Å²) >= 11 is 1.30. The van der Waals surface area contributed by atoms with Crippen LogP contribution in [0.3, 0.4) is 0 Å². The number of nitrogens with zero attached hydrogens (tertiary/aromatic N) is 1. The molecule has 5 nitrogen and oxygen atoms in total. The molecule has 0 aliphatic heterocycles. The van der Waals surface area contributed by atoms with Crippen molar-refractivity contribution >= 4 is 28.8 Å². The molecule has 1 aromatic carbocycles. The maximum absolute atomic E-state index is 11.9. The van der Waals surface area contributed by atoms with E-state index < -0.39 is 0 Å². The van der Waals surface area contributed by atoms with Gasteiger partial charge in [-0.2, -0.15) is 0 Å². The zero-order valence-corrected chi connectivity index (χ0v) is 13.1. The van der Waals surface area contributed by atoms with Crippen LogP contribution in [0.1, 0.15) is 25.7 Å². The third-order valence-corrected chi connectivity index (χ3v) is 4.77. The van der Waals surface area contributed by atoms with Crippen LogP contribution in [0.5, 0.6) is 0 Å². The van der Waals surface area contributed by atoms with Crippen molar-refractivity contribution in [2.45, 2.75) is 37.0 Å². The van der Waals surface area contributed by atoms with Crippen LogP contribution >= 0.6 is 11.8 Å². The van der Waals surface area contributed by atoms with Gasteiger partial charge in [0.05, 0.1) is 11.9 Å². The van der Waals surface area contributed by atoms with Crippen LogP contribution in [-0.2, 0) is 4.79 Å². The summed E-state index contributed by atoms with van der Waals surface area (Å²) in [5, 5.41) is 13.1. The highest BCUT2D eigenvalue weighted by Gasteiger charge is 2.20. The van der Waals surface area contributed by atoms with E-state index in [1.54, 1.807) is 0 Å². The van der Waals surface area contributed by atoms with Crippen molar-refractivity contribution in [1.29, 1.82) is 0 Å². The van der Waals surface area contributed by atoms with Gasteiger partial charge in [0.25, 0.3) is 5.22 Å². The van der Waals surface area contributed by atoms with Crippen LogP contribution in [0.15, 0.2) is 33.9 Å². The summed E-state index contributed by atoms with van der Waals surface area (Å²) in [6, 6.07) is 7.55. The van der Waals surface area contributed by atoms with E-state index in [2.05, 4.69) is 10.3 Å². The molecule has 1 saturated carbocycles. The lowest BCUT2D eigenvalue weighted by atomic mass is 9.87. The minimum atomic E-state index is -0.204. The number of aliphatic hydroxyl groups excluding tert-OH is 1. The molecule has 1 amide bonds. The highest BCUT2D eigenvalue weighted by Crippen LogP contribution is 2.24. The lowest BCUT2D eigenvalue weighted by Gasteiger charge is -2.25. The summed E-state index contributed by atoms with van der Waals surface area (Å²) in [5.74, 6) is 0.664. The zero-order chi connectivity index (χ0) is 15.4. The van der Waals surface area contributed by atoms with Gasteiger partial charge in [-0.1, -0.05) is 30.3 Å². The van der Waals surface area contributed by atoms with Crippen LogP contribution in [0.4, 0.5) is 0 Å². The van der Waals surface area contributed by atoms with Crippen molar-refractivity contribution in [3.05, 3.63) is 24.3 Å². The Morgan fingerprint density at radius 1 is 1.41 bits per heavy atom. The molecule has 2 N–H and O–H groups in total. The number of oxazole rings is 1.